The fourth-order valence-electron chi connectivity index (χ4n) is 2.44. The van der Waals surface area contributed by atoms with Crippen LogP contribution in [0.4, 0.5) is 5.69 Å². The van der Waals surface area contributed by atoms with Gasteiger partial charge in [-0.3, -0.25) is 9.69 Å². The number of likely N-dealkylation sites (tertiary alicyclic amines) is 1. The van der Waals surface area contributed by atoms with Crippen molar-refractivity contribution in [2.45, 2.75) is 38.8 Å². The summed E-state index contributed by atoms with van der Waals surface area (Å²) in [7, 11) is 0. The Balaban J connectivity index is 2.00. The number of para-hydroxylation sites is 1. The third kappa shape index (κ3) is 2.86. The van der Waals surface area contributed by atoms with Gasteiger partial charge in [-0.05, 0) is 45.4 Å². The number of benzene rings is 1. The van der Waals surface area contributed by atoms with Crippen LogP contribution in [-0.4, -0.2) is 29.4 Å². The van der Waals surface area contributed by atoms with Crippen LogP contribution in [0.3, 0.4) is 0 Å². The molecule has 1 amide bonds. The third-order valence-electron chi connectivity index (χ3n) is 3.30. The van der Waals surface area contributed by atoms with Crippen LogP contribution in [0.25, 0.3) is 0 Å². The van der Waals surface area contributed by atoms with E-state index in [1.165, 1.54) is 0 Å². The molecule has 92 valence electrons. The summed E-state index contributed by atoms with van der Waals surface area (Å²) in [4.78, 5) is 14.5. The molecule has 1 aliphatic rings. The molecule has 1 aromatic carbocycles. The molecule has 1 heterocycles. The molecule has 0 saturated carbocycles. The van der Waals surface area contributed by atoms with E-state index in [-0.39, 0.29) is 11.9 Å². The van der Waals surface area contributed by atoms with Gasteiger partial charge in [0.15, 0.2) is 0 Å². The number of carbonyl (C=O) groups is 1. The number of hydrogen-bond acceptors (Lipinski definition) is 2. The Morgan fingerprint density at radius 2 is 2.06 bits per heavy atom. The van der Waals surface area contributed by atoms with Gasteiger partial charge in [0, 0.05) is 11.7 Å². The maximum atomic E-state index is 12.2. The summed E-state index contributed by atoms with van der Waals surface area (Å²) in [5.74, 6) is 0.127. The molecule has 3 heteroatoms. The first-order chi connectivity index (χ1) is 8.18. The number of carbonyl (C=O) groups excluding carboxylic acids is 1. The van der Waals surface area contributed by atoms with E-state index in [9.17, 15) is 4.79 Å². The Morgan fingerprint density at radius 1 is 1.35 bits per heavy atom. The molecule has 0 aromatic heterocycles. The van der Waals surface area contributed by atoms with Crippen molar-refractivity contribution in [2.75, 3.05) is 11.9 Å². The molecule has 1 fully saturated rings. The van der Waals surface area contributed by atoms with Crippen LogP contribution < -0.4 is 5.32 Å². The predicted octanol–water partition coefficient (Wildman–Crippen LogP) is 2.50. The second-order valence-electron chi connectivity index (χ2n) is 4.84. The normalized spacial score (nSPS) is 20.8. The average Bonchev–Trinajstić information content (AvgIpc) is 2.79. The van der Waals surface area contributed by atoms with Crippen molar-refractivity contribution in [2.24, 2.45) is 0 Å². The highest BCUT2D eigenvalue weighted by molar-refractivity contribution is 5.95. The summed E-state index contributed by atoms with van der Waals surface area (Å²) < 4.78 is 0. The van der Waals surface area contributed by atoms with E-state index in [0.29, 0.717) is 6.04 Å². The maximum absolute atomic E-state index is 12.2. The van der Waals surface area contributed by atoms with E-state index in [1.54, 1.807) is 0 Å². The number of nitrogens with zero attached hydrogens (tertiary/aromatic N) is 1. The van der Waals surface area contributed by atoms with Gasteiger partial charge in [-0.2, -0.15) is 0 Å². The molecule has 1 atom stereocenters. The molecule has 1 aromatic rings. The van der Waals surface area contributed by atoms with Gasteiger partial charge in [-0.25, -0.2) is 0 Å². The average molecular weight is 232 g/mol. The van der Waals surface area contributed by atoms with Crippen LogP contribution in [0.2, 0.25) is 0 Å². The van der Waals surface area contributed by atoms with Crippen LogP contribution in [0.15, 0.2) is 30.3 Å². The highest BCUT2D eigenvalue weighted by Crippen LogP contribution is 2.21. The minimum atomic E-state index is 0.0372. The van der Waals surface area contributed by atoms with Crippen molar-refractivity contribution in [1.29, 1.82) is 0 Å². The molecular formula is C14H20N2O. The SMILES string of the molecule is CC(C)N1CCC[C@H]1C(=O)Nc1ccccc1. The van der Waals surface area contributed by atoms with Gasteiger partial charge in [-0.15, -0.1) is 0 Å². The summed E-state index contributed by atoms with van der Waals surface area (Å²) in [6, 6.07) is 10.1. The van der Waals surface area contributed by atoms with Gasteiger partial charge in [0.05, 0.1) is 6.04 Å². The van der Waals surface area contributed by atoms with Gasteiger partial charge in [-0.1, -0.05) is 18.2 Å². The summed E-state index contributed by atoms with van der Waals surface area (Å²) >= 11 is 0. The Morgan fingerprint density at radius 3 is 2.71 bits per heavy atom. The fourth-order valence-corrected chi connectivity index (χ4v) is 2.44. The van der Waals surface area contributed by atoms with Crippen molar-refractivity contribution < 1.29 is 4.79 Å². The predicted molar refractivity (Wildman–Crippen MR) is 69.9 cm³/mol. The highest BCUT2D eigenvalue weighted by Gasteiger charge is 2.31. The monoisotopic (exact) mass is 232 g/mol. The summed E-state index contributed by atoms with van der Waals surface area (Å²) in [5, 5.41) is 2.99. The second-order valence-corrected chi connectivity index (χ2v) is 4.84. The largest absolute Gasteiger partial charge is 0.325 e. The van der Waals surface area contributed by atoms with Gasteiger partial charge >= 0.3 is 0 Å². The van der Waals surface area contributed by atoms with E-state index in [0.717, 1.165) is 25.1 Å². The lowest BCUT2D eigenvalue weighted by atomic mass is 10.2. The first-order valence-electron chi connectivity index (χ1n) is 6.30. The summed E-state index contributed by atoms with van der Waals surface area (Å²) in [6.45, 7) is 5.33. The van der Waals surface area contributed by atoms with Crippen molar-refractivity contribution in [3.05, 3.63) is 30.3 Å². The van der Waals surface area contributed by atoms with E-state index >= 15 is 0 Å². The number of anilines is 1. The number of hydrogen-bond donors (Lipinski definition) is 1. The zero-order valence-electron chi connectivity index (χ0n) is 10.5. The molecule has 0 spiro atoms. The molecule has 2 rings (SSSR count). The minimum absolute atomic E-state index is 0.0372. The zero-order valence-corrected chi connectivity index (χ0v) is 10.5. The number of amides is 1. The van der Waals surface area contributed by atoms with Gasteiger partial charge in [0.1, 0.15) is 0 Å². The van der Waals surface area contributed by atoms with Crippen LogP contribution in [0, 0.1) is 0 Å². The lowest BCUT2D eigenvalue weighted by Gasteiger charge is -2.27. The molecule has 3 nitrogen and oxygen atoms in total. The fraction of sp³-hybridized carbons (Fsp3) is 0.500. The molecule has 1 N–H and O–H groups in total. The van der Waals surface area contributed by atoms with E-state index < -0.39 is 0 Å². The first-order valence-corrected chi connectivity index (χ1v) is 6.30. The molecule has 17 heavy (non-hydrogen) atoms. The van der Waals surface area contributed by atoms with Crippen molar-refractivity contribution in [3.63, 3.8) is 0 Å². The van der Waals surface area contributed by atoms with E-state index in [1.807, 2.05) is 30.3 Å². The van der Waals surface area contributed by atoms with Gasteiger partial charge < -0.3 is 5.32 Å². The van der Waals surface area contributed by atoms with Crippen LogP contribution >= 0.6 is 0 Å². The maximum Gasteiger partial charge on any atom is 0.241 e. The van der Waals surface area contributed by atoms with Crippen LogP contribution in [-0.2, 0) is 4.79 Å². The van der Waals surface area contributed by atoms with Crippen molar-refractivity contribution >= 4 is 11.6 Å². The Bertz CT molecular complexity index is 375. The Kier molecular flexibility index (Phi) is 3.79. The number of rotatable bonds is 3. The van der Waals surface area contributed by atoms with Gasteiger partial charge in [0.25, 0.3) is 0 Å². The van der Waals surface area contributed by atoms with E-state index in [2.05, 4.69) is 24.1 Å². The Hall–Kier alpha value is -1.35. The second kappa shape index (κ2) is 5.32. The first kappa shape index (κ1) is 12.1. The molecule has 1 aliphatic heterocycles. The molecular weight excluding hydrogens is 212 g/mol. The quantitative estimate of drug-likeness (QED) is 0.868. The molecule has 0 bridgehead atoms. The van der Waals surface area contributed by atoms with Crippen molar-refractivity contribution in [1.82, 2.24) is 4.90 Å². The Labute approximate surface area is 103 Å². The molecule has 0 aliphatic carbocycles. The summed E-state index contributed by atoms with van der Waals surface area (Å²) in [6.07, 6.45) is 2.09. The smallest absolute Gasteiger partial charge is 0.241 e. The van der Waals surface area contributed by atoms with E-state index in [4.69, 9.17) is 0 Å². The van der Waals surface area contributed by atoms with Crippen LogP contribution in [0.5, 0.6) is 0 Å². The standard InChI is InChI=1S/C14H20N2O/c1-11(2)16-10-6-9-13(16)14(17)15-12-7-4-3-5-8-12/h3-5,7-8,11,13H,6,9-10H2,1-2H3,(H,15,17)/t13-/m0/s1. The molecule has 1 saturated heterocycles. The molecule has 0 unspecified atom stereocenters. The summed E-state index contributed by atoms with van der Waals surface area (Å²) in [5.41, 5.74) is 0.883. The van der Waals surface area contributed by atoms with Crippen molar-refractivity contribution in [3.8, 4) is 0 Å². The topological polar surface area (TPSA) is 32.3 Å². The minimum Gasteiger partial charge on any atom is -0.325 e. The third-order valence-corrected chi connectivity index (χ3v) is 3.30. The van der Waals surface area contributed by atoms with Gasteiger partial charge in [0.2, 0.25) is 5.91 Å². The highest BCUT2D eigenvalue weighted by atomic mass is 16.2. The number of nitrogens with one attached hydrogen (secondary N) is 1. The zero-order chi connectivity index (χ0) is 12.3. The van der Waals surface area contributed by atoms with Crippen LogP contribution in [0.1, 0.15) is 26.7 Å². The lowest BCUT2D eigenvalue weighted by Crippen LogP contribution is -2.43. The molecule has 0 radical (unpaired) electrons. The lowest BCUT2D eigenvalue weighted by molar-refractivity contribution is -0.120.